The van der Waals surface area contributed by atoms with Crippen molar-refractivity contribution in [3.05, 3.63) is 59.9 Å². The van der Waals surface area contributed by atoms with E-state index in [2.05, 4.69) is 31.2 Å². The lowest BCUT2D eigenvalue weighted by atomic mass is 10.2. The molecule has 0 saturated carbocycles. The molecule has 0 saturated heterocycles. The van der Waals surface area contributed by atoms with Crippen LogP contribution < -0.4 is 10.6 Å². The Labute approximate surface area is 149 Å². The third-order valence-corrected chi connectivity index (χ3v) is 3.84. The highest BCUT2D eigenvalue weighted by Crippen LogP contribution is 2.03. The van der Waals surface area contributed by atoms with Crippen molar-refractivity contribution in [3.8, 4) is 0 Å². The van der Waals surface area contributed by atoms with Crippen molar-refractivity contribution in [2.45, 2.75) is 13.5 Å². The van der Waals surface area contributed by atoms with Crippen LogP contribution in [0.4, 0.5) is 0 Å². The van der Waals surface area contributed by atoms with E-state index < -0.39 is 0 Å². The van der Waals surface area contributed by atoms with Gasteiger partial charge in [-0.05, 0) is 31.2 Å². The van der Waals surface area contributed by atoms with Crippen LogP contribution in [0.3, 0.4) is 0 Å². The number of rotatable bonds is 7. The van der Waals surface area contributed by atoms with Gasteiger partial charge in [0.05, 0.1) is 13.1 Å². The van der Waals surface area contributed by atoms with Crippen LogP contribution in [0.5, 0.6) is 0 Å². The van der Waals surface area contributed by atoms with Crippen LogP contribution in [0, 0.1) is 0 Å². The molecule has 0 aliphatic rings. The van der Waals surface area contributed by atoms with E-state index in [0.29, 0.717) is 18.7 Å². The number of hydrogen-bond acceptors (Lipinski definition) is 2. The van der Waals surface area contributed by atoms with E-state index in [-0.39, 0.29) is 5.91 Å². The second-order valence-electron chi connectivity index (χ2n) is 5.82. The first-order valence-electron chi connectivity index (χ1n) is 8.54. The maximum Gasteiger partial charge on any atom is 0.251 e. The lowest BCUT2D eigenvalue weighted by Crippen LogP contribution is -2.39. The standard InChI is InChI=1S/C19H27N5O/c1-4-20-19(24(3)15-17-11-8-14-23(17)2)22-13-12-21-18(25)16-9-6-5-7-10-16/h5-11,14H,4,12-13,15H2,1-3H3,(H,20,22)(H,21,25). The van der Waals surface area contributed by atoms with Gasteiger partial charge in [0.1, 0.15) is 0 Å². The van der Waals surface area contributed by atoms with Crippen LogP contribution in [0.1, 0.15) is 23.0 Å². The first-order valence-corrected chi connectivity index (χ1v) is 8.54. The van der Waals surface area contributed by atoms with Crippen LogP contribution in [-0.2, 0) is 13.6 Å². The molecular formula is C19H27N5O. The van der Waals surface area contributed by atoms with Gasteiger partial charge in [0.2, 0.25) is 0 Å². The van der Waals surface area contributed by atoms with Gasteiger partial charge in [0, 0.05) is 44.6 Å². The average Bonchev–Trinajstić information content (AvgIpc) is 3.03. The van der Waals surface area contributed by atoms with Crippen molar-refractivity contribution >= 4 is 11.9 Å². The van der Waals surface area contributed by atoms with Crippen molar-refractivity contribution in [1.29, 1.82) is 0 Å². The zero-order valence-corrected chi connectivity index (χ0v) is 15.2. The third kappa shape index (κ3) is 5.67. The van der Waals surface area contributed by atoms with Gasteiger partial charge in [-0.25, -0.2) is 0 Å². The molecule has 1 aromatic carbocycles. The minimum Gasteiger partial charge on any atom is -0.357 e. The number of aliphatic imine (C=N–C) groups is 1. The molecule has 0 bridgehead atoms. The fraction of sp³-hybridized carbons (Fsp3) is 0.368. The molecule has 0 unspecified atom stereocenters. The molecule has 1 amide bonds. The van der Waals surface area contributed by atoms with Crippen molar-refractivity contribution in [2.24, 2.45) is 12.0 Å². The molecule has 0 radical (unpaired) electrons. The Bertz CT molecular complexity index is 693. The Balaban J connectivity index is 1.86. The summed E-state index contributed by atoms with van der Waals surface area (Å²) in [5.41, 5.74) is 1.88. The number of guanidine groups is 1. The SMILES string of the molecule is CCNC(=NCCNC(=O)c1ccccc1)N(C)Cc1cccn1C. The summed E-state index contributed by atoms with van der Waals surface area (Å²) in [6.07, 6.45) is 2.03. The van der Waals surface area contributed by atoms with Gasteiger partial charge in [-0.3, -0.25) is 9.79 Å². The van der Waals surface area contributed by atoms with Gasteiger partial charge in [-0.2, -0.15) is 0 Å². The van der Waals surface area contributed by atoms with Crippen molar-refractivity contribution in [2.75, 3.05) is 26.7 Å². The Morgan fingerprint density at radius 2 is 1.92 bits per heavy atom. The summed E-state index contributed by atoms with van der Waals surface area (Å²) in [5.74, 6) is 0.760. The highest BCUT2D eigenvalue weighted by atomic mass is 16.1. The van der Waals surface area contributed by atoms with Crippen molar-refractivity contribution < 1.29 is 4.79 Å². The van der Waals surface area contributed by atoms with E-state index in [4.69, 9.17) is 0 Å². The number of hydrogen-bond donors (Lipinski definition) is 2. The molecule has 1 heterocycles. The van der Waals surface area contributed by atoms with Crippen molar-refractivity contribution in [3.63, 3.8) is 0 Å². The van der Waals surface area contributed by atoms with Crippen LogP contribution >= 0.6 is 0 Å². The summed E-state index contributed by atoms with van der Waals surface area (Å²) in [7, 11) is 4.05. The van der Waals surface area contributed by atoms with E-state index in [0.717, 1.165) is 19.0 Å². The lowest BCUT2D eigenvalue weighted by Gasteiger charge is -2.22. The number of carbonyl (C=O) groups is 1. The zero-order valence-electron chi connectivity index (χ0n) is 15.2. The Morgan fingerprint density at radius 1 is 1.16 bits per heavy atom. The minimum atomic E-state index is -0.0713. The second kappa shape index (κ2) is 9.52. The largest absolute Gasteiger partial charge is 0.357 e. The third-order valence-electron chi connectivity index (χ3n) is 3.84. The predicted molar refractivity (Wildman–Crippen MR) is 102 cm³/mol. The summed E-state index contributed by atoms with van der Waals surface area (Å²) < 4.78 is 2.10. The quantitative estimate of drug-likeness (QED) is 0.459. The Hall–Kier alpha value is -2.76. The summed E-state index contributed by atoms with van der Waals surface area (Å²) in [6, 6.07) is 13.3. The molecule has 0 aliphatic heterocycles. The molecule has 134 valence electrons. The summed E-state index contributed by atoms with van der Waals surface area (Å²) in [4.78, 5) is 18.7. The van der Waals surface area contributed by atoms with Gasteiger partial charge < -0.3 is 20.1 Å². The Morgan fingerprint density at radius 3 is 2.56 bits per heavy atom. The monoisotopic (exact) mass is 341 g/mol. The molecule has 25 heavy (non-hydrogen) atoms. The fourth-order valence-corrected chi connectivity index (χ4v) is 2.47. The highest BCUT2D eigenvalue weighted by molar-refractivity contribution is 5.94. The first-order chi connectivity index (χ1) is 12.1. The number of aromatic nitrogens is 1. The number of benzene rings is 1. The summed E-state index contributed by atoms with van der Waals surface area (Å²) >= 11 is 0. The molecule has 0 atom stereocenters. The highest BCUT2D eigenvalue weighted by Gasteiger charge is 2.08. The predicted octanol–water partition coefficient (Wildman–Crippen LogP) is 1.85. The van der Waals surface area contributed by atoms with Gasteiger partial charge in [-0.1, -0.05) is 18.2 Å². The lowest BCUT2D eigenvalue weighted by molar-refractivity contribution is 0.0955. The van der Waals surface area contributed by atoms with Crippen molar-refractivity contribution in [1.82, 2.24) is 20.1 Å². The number of amides is 1. The maximum absolute atomic E-state index is 12.0. The number of nitrogens with one attached hydrogen (secondary N) is 2. The Kier molecular flexibility index (Phi) is 7.07. The van der Waals surface area contributed by atoms with Gasteiger partial charge >= 0.3 is 0 Å². The molecule has 6 heteroatoms. The van der Waals surface area contributed by atoms with E-state index in [1.54, 1.807) is 12.1 Å². The second-order valence-corrected chi connectivity index (χ2v) is 5.82. The van der Waals surface area contributed by atoms with Gasteiger partial charge in [-0.15, -0.1) is 0 Å². The van der Waals surface area contributed by atoms with Crippen LogP contribution in [0.15, 0.2) is 53.7 Å². The number of aryl methyl sites for hydroxylation is 1. The molecule has 2 aromatic rings. The van der Waals surface area contributed by atoms with E-state index in [1.165, 1.54) is 5.69 Å². The van der Waals surface area contributed by atoms with Crippen LogP contribution in [0.25, 0.3) is 0 Å². The summed E-state index contributed by atoms with van der Waals surface area (Å²) in [5, 5.41) is 6.18. The molecular weight excluding hydrogens is 314 g/mol. The summed E-state index contributed by atoms with van der Waals surface area (Å²) in [6.45, 7) is 4.64. The van der Waals surface area contributed by atoms with Gasteiger partial charge in [0.25, 0.3) is 5.91 Å². The van der Waals surface area contributed by atoms with E-state index in [9.17, 15) is 4.79 Å². The minimum absolute atomic E-state index is 0.0713. The maximum atomic E-state index is 12.0. The molecule has 2 N–H and O–H groups in total. The zero-order chi connectivity index (χ0) is 18.1. The molecule has 6 nitrogen and oxygen atoms in total. The fourth-order valence-electron chi connectivity index (χ4n) is 2.47. The number of nitrogens with zero attached hydrogens (tertiary/aromatic N) is 3. The molecule has 2 rings (SSSR count). The smallest absolute Gasteiger partial charge is 0.251 e. The normalized spacial score (nSPS) is 11.2. The van der Waals surface area contributed by atoms with Crippen LogP contribution in [-0.4, -0.2) is 48.0 Å². The van der Waals surface area contributed by atoms with E-state index in [1.807, 2.05) is 51.5 Å². The van der Waals surface area contributed by atoms with E-state index >= 15 is 0 Å². The topological polar surface area (TPSA) is 61.7 Å². The van der Waals surface area contributed by atoms with Crippen LogP contribution in [0.2, 0.25) is 0 Å². The molecule has 0 spiro atoms. The number of carbonyl (C=O) groups excluding carboxylic acids is 1. The molecule has 0 fully saturated rings. The first kappa shape index (κ1) is 18.6. The van der Waals surface area contributed by atoms with Gasteiger partial charge in [0.15, 0.2) is 5.96 Å². The molecule has 0 aliphatic carbocycles. The average molecular weight is 341 g/mol. The molecule has 1 aromatic heterocycles.